The second-order valence-electron chi connectivity index (χ2n) is 6.11. The van der Waals surface area contributed by atoms with E-state index >= 15 is 0 Å². The molecule has 4 rings (SSSR count). The maximum absolute atomic E-state index is 12.8. The minimum absolute atomic E-state index is 0.0586. The van der Waals surface area contributed by atoms with Gasteiger partial charge in [0.2, 0.25) is 5.95 Å². The zero-order valence-electron chi connectivity index (χ0n) is 14.2. The van der Waals surface area contributed by atoms with Crippen molar-refractivity contribution in [1.82, 2.24) is 24.0 Å². The fourth-order valence-electron chi connectivity index (χ4n) is 3.00. The first-order chi connectivity index (χ1) is 12.8. The van der Waals surface area contributed by atoms with Crippen molar-refractivity contribution in [2.45, 2.75) is 19.9 Å². The van der Waals surface area contributed by atoms with E-state index in [2.05, 4.69) is 32.3 Å². The van der Waals surface area contributed by atoms with Crippen LogP contribution in [0.3, 0.4) is 0 Å². The third kappa shape index (κ3) is 3.19. The van der Waals surface area contributed by atoms with Crippen LogP contribution in [0.2, 0.25) is 0 Å². The largest absolute Gasteiger partial charge is 0.394 e. The van der Waals surface area contributed by atoms with Gasteiger partial charge >= 0.3 is 0 Å². The quantitative estimate of drug-likeness (QED) is 0.617. The smallest absolute Gasteiger partial charge is 0.284 e. The van der Waals surface area contributed by atoms with Crippen LogP contribution in [-0.2, 0) is 24.7 Å². The van der Waals surface area contributed by atoms with Crippen LogP contribution in [0.5, 0.6) is 0 Å². The third-order valence-electron chi connectivity index (χ3n) is 4.24. The van der Waals surface area contributed by atoms with E-state index in [9.17, 15) is 4.79 Å². The van der Waals surface area contributed by atoms with Crippen molar-refractivity contribution < 1.29 is 9.84 Å². The summed E-state index contributed by atoms with van der Waals surface area (Å²) in [6, 6.07) is 10.1. The molecule has 1 aromatic carbocycles. The number of nitrogens with one attached hydrogen (secondary N) is 1. The Kier molecular flexibility index (Phi) is 4.65. The summed E-state index contributed by atoms with van der Waals surface area (Å²) in [7, 11) is 0. The van der Waals surface area contributed by atoms with Crippen molar-refractivity contribution in [3.63, 3.8) is 0 Å². The first-order valence-corrected chi connectivity index (χ1v) is 8.40. The van der Waals surface area contributed by atoms with Crippen LogP contribution in [0.1, 0.15) is 5.56 Å². The summed E-state index contributed by atoms with van der Waals surface area (Å²) >= 11 is 0. The summed E-state index contributed by atoms with van der Waals surface area (Å²) in [6.07, 6.45) is 1.53. The number of benzene rings is 1. The number of aromatic nitrogens is 4. The molecule has 0 saturated carbocycles. The van der Waals surface area contributed by atoms with Gasteiger partial charge in [-0.3, -0.25) is 18.8 Å². The molecule has 0 fully saturated rings. The summed E-state index contributed by atoms with van der Waals surface area (Å²) < 4.78 is 8.55. The molecule has 0 amide bonds. The molecule has 26 heavy (non-hydrogen) atoms. The van der Waals surface area contributed by atoms with Crippen molar-refractivity contribution in [3.8, 4) is 0 Å². The van der Waals surface area contributed by atoms with Crippen molar-refractivity contribution in [3.05, 3.63) is 52.6 Å². The third-order valence-corrected chi connectivity index (χ3v) is 4.24. The lowest BCUT2D eigenvalue weighted by Crippen LogP contribution is -2.42. The number of fused-ring (bicyclic) bond motifs is 2. The second kappa shape index (κ2) is 7.24. The first-order valence-electron chi connectivity index (χ1n) is 8.40. The Morgan fingerprint density at radius 1 is 1.27 bits per heavy atom. The Labute approximate surface area is 149 Å². The molecule has 0 aliphatic carbocycles. The molecule has 9 heteroatoms. The van der Waals surface area contributed by atoms with Crippen molar-refractivity contribution in [2.24, 2.45) is 0 Å². The number of rotatable bonds is 6. The van der Waals surface area contributed by atoms with E-state index in [-0.39, 0.29) is 25.5 Å². The number of ether oxygens (including phenoxy) is 1. The highest BCUT2D eigenvalue weighted by Crippen LogP contribution is 2.16. The van der Waals surface area contributed by atoms with E-state index in [0.717, 1.165) is 6.54 Å². The van der Waals surface area contributed by atoms with Gasteiger partial charge in [-0.25, -0.2) is 4.98 Å². The Morgan fingerprint density at radius 2 is 2.12 bits per heavy atom. The maximum Gasteiger partial charge on any atom is 0.284 e. The molecule has 0 saturated heterocycles. The van der Waals surface area contributed by atoms with Gasteiger partial charge in [-0.2, -0.15) is 4.98 Å². The molecule has 3 heterocycles. The van der Waals surface area contributed by atoms with E-state index < -0.39 is 0 Å². The molecule has 0 bridgehead atoms. The zero-order valence-corrected chi connectivity index (χ0v) is 14.2. The first kappa shape index (κ1) is 16.7. The summed E-state index contributed by atoms with van der Waals surface area (Å²) in [6.45, 7) is 2.14. The van der Waals surface area contributed by atoms with Gasteiger partial charge in [0.15, 0.2) is 11.2 Å². The Hall–Kier alpha value is -2.75. The summed E-state index contributed by atoms with van der Waals surface area (Å²) in [5, 5.41) is 12.0. The van der Waals surface area contributed by atoms with E-state index in [0.29, 0.717) is 30.4 Å². The maximum atomic E-state index is 12.8. The van der Waals surface area contributed by atoms with Gasteiger partial charge in [0, 0.05) is 6.54 Å². The molecule has 3 aromatic rings. The standard InChI is InChI=1S/C17H20N6O3/c24-6-7-26-12-22-10-18-14-15(22)20-17-19-9-21(11-23(17)16(14)25)8-13-4-2-1-3-5-13/h1-5,10,24H,6-9,11-12H2,(H,19,20). The fraction of sp³-hybridized carbons (Fsp3) is 0.353. The van der Waals surface area contributed by atoms with Gasteiger partial charge in [-0.15, -0.1) is 0 Å². The highest BCUT2D eigenvalue weighted by atomic mass is 16.5. The molecule has 0 radical (unpaired) electrons. The molecule has 0 spiro atoms. The zero-order chi connectivity index (χ0) is 17.9. The average Bonchev–Trinajstić information content (AvgIpc) is 3.07. The number of anilines is 1. The lowest BCUT2D eigenvalue weighted by molar-refractivity contribution is 0.0499. The fourth-order valence-corrected chi connectivity index (χ4v) is 3.00. The van der Waals surface area contributed by atoms with Crippen molar-refractivity contribution in [1.29, 1.82) is 0 Å². The average molecular weight is 356 g/mol. The Morgan fingerprint density at radius 3 is 2.92 bits per heavy atom. The van der Waals surface area contributed by atoms with Crippen LogP contribution in [0.4, 0.5) is 5.95 Å². The van der Waals surface area contributed by atoms with Gasteiger partial charge in [-0.05, 0) is 5.56 Å². The molecule has 1 aliphatic rings. The van der Waals surface area contributed by atoms with E-state index in [1.54, 1.807) is 9.13 Å². The van der Waals surface area contributed by atoms with Crippen LogP contribution in [-0.4, -0.2) is 49.0 Å². The molecule has 2 N–H and O–H groups in total. The molecular weight excluding hydrogens is 336 g/mol. The van der Waals surface area contributed by atoms with Crippen LogP contribution < -0.4 is 10.9 Å². The summed E-state index contributed by atoms with van der Waals surface area (Å²) in [5.74, 6) is 0.524. The molecule has 136 valence electrons. The van der Waals surface area contributed by atoms with E-state index in [1.807, 2.05) is 18.2 Å². The van der Waals surface area contributed by atoms with Gasteiger partial charge in [0.1, 0.15) is 6.73 Å². The van der Waals surface area contributed by atoms with Gasteiger partial charge in [0.25, 0.3) is 5.56 Å². The number of nitrogens with zero attached hydrogens (tertiary/aromatic N) is 5. The lowest BCUT2D eigenvalue weighted by Gasteiger charge is -2.30. The molecular formula is C17H20N6O3. The number of hydrogen-bond acceptors (Lipinski definition) is 7. The molecule has 0 unspecified atom stereocenters. The highest BCUT2D eigenvalue weighted by Gasteiger charge is 2.21. The minimum atomic E-state index is -0.184. The van der Waals surface area contributed by atoms with Gasteiger partial charge < -0.3 is 15.2 Å². The van der Waals surface area contributed by atoms with Gasteiger partial charge in [-0.1, -0.05) is 30.3 Å². The number of aliphatic hydroxyl groups excluding tert-OH is 1. The normalized spacial score (nSPS) is 14.3. The predicted octanol–water partition coefficient (Wildman–Crippen LogP) is 0.402. The van der Waals surface area contributed by atoms with Crippen LogP contribution in [0.15, 0.2) is 41.5 Å². The molecule has 9 nitrogen and oxygen atoms in total. The van der Waals surface area contributed by atoms with E-state index in [1.165, 1.54) is 11.9 Å². The van der Waals surface area contributed by atoms with Crippen molar-refractivity contribution >= 4 is 17.1 Å². The topological polar surface area (TPSA) is 97.4 Å². The van der Waals surface area contributed by atoms with Gasteiger partial charge in [0.05, 0.1) is 32.9 Å². The summed E-state index contributed by atoms with van der Waals surface area (Å²) in [5.41, 5.74) is 1.79. The molecule has 0 atom stereocenters. The second-order valence-corrected chi connectivity index (χ2v) is 6.11. The monoisotopic (exact) mass is 356 g/mol. The SMILES string of the molecule is O=c1c2ncn(COCCO)c2nc2n1CN(Cc1ccccc1)CN2. The number of hydrogen-bond donors (Lipinski definition) is 2. The minimum Gasteiger partial charge on any atom is -0.394 e. The highest BCUT2D eigenvalue weighted by molar-refractivity contribution is 5.71. The molecule has 1 aliphatic heterocycles. The van der Waals surface area contributed by atoms with Crippen LogP contribution in [0.25, 0.3) is 11.2 Å². The van der Waals surface area contributed by atoms with Crippen LogP contribution >= 0.6 is 0 Å². The number of imidazole rings is 1. The predicted molar refractivity (Wildman–Crippen MR) is 95.3 cm³/mol. The number of aliphatic hydroxyl groups is 1. The lowest BCUT2D eigenvalue weighted by atomic mass is 10.2. The summed E-state index contributed by atoms with van der Waals surface area (Å²) in [4.78, 5) is 23.7. The van der Waals surface area contributed by atoms with Crippen molar-refractivity contribution in [2.75, 3.05) is 25.2 Å². The van der Waals surface area contributed by atoms with E-state index in [4.69, 9.17) is 9.84 Å². The van der Waals surface area contributed by atoms with Crippen LogP contribution in [0, 0.1) is 0 Å². The Bertz CT molecular complexity index is 952. The Balaban J connectivity index is 1.59. The molecule has 2 aromatic heterocycles.